The van der Waals surface area contributed by atoms with Gasteiger partial charge in [-0.1, -0.05) is 0 Å². The van der Waals surface area contributed by atoms with Crippen LogP contribution in [-0.2, 0) is 0 Å². The van der Waals surface area contributed by atoms with Crippen molar-refractivity contribution < 1.29 is 8.78 Å². The molecular formula is C11H13F2NS. The summed E-state index contributed by atoms with van der Waals surface area (Å²) in [5, 5.41) is 3.32. The predicted molar refractivity (Wildman–Crippen MR) is 58.8 cm³/mol. The first kappa shape index (κ1) is 10.9. The maximum absolute atomic E-state index is 13.0. The van der Waals surface area contributed by atoms with E-state index in [0.29, 0.717) is 5.56 Å². The SMILES string of the molecule is CC1(C)CSC(c2cc(F)cc(F)c2)N1. The maximum atomic E-state index is 13.0. The molecule has 1 aliphatic rings. The summed E-state index contributed by atoms with van der Waals surface area (Å²) in [6.07, 6.45) is 0. The van der Waals surface area contributed by atoms with E-state index in [0.717, 1.165) is 11.8 Å². The van der Waals surface area contributed by atoms with Gasteiger partial charge in [-0.25, -0.2) is 8.78 Å². The average Bonchev–Trinajstić information content (AvgIpc) is 2.44. The first-order valence-electron chi connectivity index (χ1n) is 4.82. The number of thioether (sulfide) groups is 1. The molecule has 1 saturated heterocycles. The molecule has 1 fully saturated rings. The van der Waals surface area contributed by atoms with Crippen molar-refractivity contribution >= 4 is 11.8 Å². The molecule has 82 valence electrons. The van der Waals surface area contributed by atoms with E-state index in [2.05, 4.69) is 19.2 Å². The summed E-state index contributed by atoms with van der Waals surface area (Å²) in [6, 6.07) is 3.67. The Bertz CT molecular complexity index is 359. The fraction of sp³-hybridized carbons (Fsp3) is 0.455. The van der Waals surface area contributed by atoms with Gasteiger partial charge < -0.3 is 0 Å². The standard InChI is InChI=1S/C11H13F2NS/c1-11(2)6-15-10(14-11)7-3-8(12)5-9(13)4-7/h3-5,10,14H,6H2,1-2H3. The van der Waals surface area contributed by atoms with Gasteiger partial charge in [0.1, 0.15) is 11.6 Å². The van der Waals surface area contributed by atoms with Gasteiger partial charge in [0.15, 0.2) is 0 Å². The number of halogens is 2. The zero-order valence-electron chi connectivity index (χ0n) is 8.68. The van der Waals surface area contributed by atoms with Gasteiger partial charge in [-0.15, -0.1) is 11.8 Å². The van der Waals surface area contributed by atoms with Crippen molar-refractivity contribution in [2.75, 3.05) is 5.75 Å². The quantitative estimate of drug-likeness (QED) is 0.794. The van der Waals surface area contributed by atoms with E-state index in [1.807, 2.05) is 0 Å². The summed E-state index contributed by atoms with van der Waals surface area (Å²) in [5.41, 5.74) is 0.695. The smallest absolute Gasteiger partial charge is 0.126 e. The van der Waals surface area contributed by atoms with Crippen LogP contribution in [-0.4, -0.2) is 11.3 Å². The second kappa shape index (κ2) is 3.76. The molecule has 2 rings (SSSR count). The Balaban J connectivity index is 2.24. The minimum Gasteiger partial charge on any atom is -0.296 e. The highest BCUT2D eigenvalue weighted by molar-refractivity contribution is 7.99. The summed E-state index contributed by atoms with van der Waals surface area (Å²) in [6.45, 7) is 4.16. The number of rotatable bonds is 1. The van der Waals surface area contributed by atoms with Crippen LogP contribution < -0.4 is 5.32 Å². The first-order chi connectivity index (χ1) is 6.96. The van der Waals surface area contributed by atoms with E-state index in [-0.39, 0.29) is 10.9 Å². The van der Waals surface area contributed by atoms with Gasteiger partial charge >= 0.3 is 0 Å². The molecule has 0 radical (unpaired) electrons. The molecule has 4 heteroatoms. The van der Waals surface area contributed by atoms with Gasteiger partial charge in [0.25, 0.3) is 0 Å². The monoisotopic (exact) mass is 229 g/mol. The van der Waals surface area contributed by atoms with E-state index < -0.39 is 11.6 Å². The van der Waals surface area contributed by atoms with Crippen molar-refractivity contribution in [3.8, 4) is 0 Å². The Morgan fingerprint density at radius 2 is 1.87 bits per heavy atom. The van der Waals surface area contributed by atoms with E-state index in [1.165, 1.54) is 12.1 Å². The summed E-state index contributed by atoms with van der Waals surface area (Å²) in [7, 11) is 0. The second-order valence-electron chi connectivity index (χ2n) is 4.42. The Labute approximate surface area is 92.3 Å². The lowest BCUT2D eigenvalue weighted by Gasteiger charge is -2.19. The lowest BCUT2D eigenvalue weighted by Crippen LogP contribution is -2.35. The number of nitrogens with one attached hydrogen (secondary N) is 1. The highest BCUT2D eigenvalue weighted by Crippen LogP contribution is 2.37. The van der Waals surface area contributed by atoms with Crippen LogP contribution in [0.2, 0.25) is 0 Å². The summed E-state index contributed by atoms with van der Waals surface area (Å²) in [4.78, 5) is 0. The van der Waals surface area contributed by atoms with Gasteiger partial charge in [0, 0.05) is 17.4 Å². The molecule has 1 nitrogen and oxygen atoms in total. The molecule has 0 amide bonds. The molecule has 0 aliphatic carbocycles. The molecule has 1 aromatic rings. The van der Waals surface area contributed by atoms with Crippen molar-refractivity contribution in [3.63, 3.8) is 0 Å². The zero-order chi connectivity index (χ0) is 11.1. The minimum absolute atomic E-state index is 0.00907. The van der Waals surface area contributed by atoms with Crippen LogP contribution in [0.15, 0.2) is 18.2 Å². The molecule has 1 aromatic carbocycles. The Morgan fingerprint density at radius 1 is 1.27 bits per heavy atom. The molecule has 0 saturated carbocycles. The molecule has 0 spiro atoms. The zero-order valence-corrected chi connectivity index (χ0v) is 9.50. The van der Waals surface area contributed by atoms with Gasteiger partial charge in [-0.3, -0.25) is 5.32 Å². The molecule has 1 aliphatic heterocycles. The van der Waals surface area contributed by atoms with E-state index in [4.69, 9.17) is 0 Å². The molecular weight excluding hydrogens is 216 g/mol. The maximum Gasteiger partial charge on any atom is 0.126 e. The third-order valence-corrected chi connectivity index (χ3v) is 3.93. The Morgan fingerprint density at radius 3 is 2.33 bits per heavy atom. The summed E-state index contributed by atoms with van der Waals surface area (Å²) in [5.74, 6) is -0.0929. The molecule has 0 aromatic heterocycles. The summed E-state index contributed by atoms with van der Waals surface area (Å²) >= 11 is 1.68. The van der Waals surface area contributed by atoms with Crippen LogP contribution >= 0.6 is 11.8 Å². The van der Waals surface area contributed by atoms with Crippen LogP contribution in [0.4, 0.5) is 8.78 Å². The lowest BCUT2D eigenvalue weighted by molar-refractivity contribution is 0.450. The van der Waals surface area contributed by atoms with Gasteiger partial charge in [0.05, 0.1) is 5.37 Å². The fourth-order valence-corrected chi connectivity index (χ4v) is 3.03. The number of hydrogen-bond donors (Lipinski definition) is 1. The first-order valence-corrected chi connectivity index (χ1v) is 5.86. The Kier molecular flexibility index (Phi) is 2.73. The van der Waals surface area contributed by atoms with Crippen molar-refractivity contribution in [2.24, 2.45) is 0 Å². The molecule has 1 atom stereocenters. The largest absolute Gasteiger partial charge is 0.296 e. The highest BCUT2D eigenvalue weighted by atomic mass is 32.2. The van der Waals surface area contributed by atoms with Crippen molar-refractivity contribution in [3.05, 3.63) is 35.4 Å². The molecule has 0 bridgehead atoms. The van der Waals surface area contributed by atoms with Crippen LogP contribution in [0.1, 0.15) is 24.8 Å². The van der Waals surface area contributed by atoms with E-state index in [1.54, 1.807) is 11.8 Å². The van der Waals surface area contributed by atoms with E-state index in [9.17, 15) is 8.78 Å². The number of hydrogen-bond acceptors (Lipinski definition) is 2. The van der Waals surface area contributed by atoms with Crippen molar-refractivity contribution in [1.29, 1.82) is 0 Å². The second-order valence-corrected chi connectivity index (χ2v) is 5.52. The van der Waals surface area contributed by atoms with Crippen molar-refractivity contribution in [1.82, 2.24) is 5.32 Å². The van der Waals surface area contributed by atoms with Gasteiger partial charge in [-0.2, -0.15) is 0 Å². The lowest BCUT2D eigenvalue weighted by atomic mass is 10.1. The summed E-state index contributed by atoms with van der Waals surface area (Å²) < 4.78 is 26.0. The van der Waals surface area contributed by atoms with Crippen LogP contribution in [0.5, 0.6) is 0 Å². The predicted octanol–water partition coefficient (Wildman–Crippen LogP) is 3.08. The molecule has 1 N–H and O–H groups in total. The fourth-order valence-electron chi connectivity index (χ4n) is 1.64. The normalized spacial score (nSPS) is 24.4. The van der Waals surface area contributed by atoms with Crippen LogP contribution in [0, 0.1) is 11.6 Å². The average molecular weight is 229 g/mol. The molecule has 15 heavy (non-hydrogen) atoms. The van der Waals surface area contributed by atoms with E-state index >= 15 is 0 Å². The molecule has 1 unspecified atom stereocenters. The minimum atomic E-state index is -0.517. The van der Waals surface area contributed by atoms with Crippen LogP contribution in [0.3, 0.4) is 0 Å². The van der Waals surface area contributed by atoms with Crippen LogP contribution in [0.25, 0.3) is 0 Å². The molecule has 1 heterocycles. The third-order valence-electron chi connectivity index (χ3n) is 2.32. The van der Waals surface area contributed by atoms with Gasteiger partial charge in [0.2, 0.25) is 0 Å². The highest BCUT2D eigenvalue weighted by Gasteiger charge is 2.31. The van der Waals surface area contributed by atoms with Crippen molar-refractivity contribution in [2.45, 2.75) is 24.8 Å². The number of benzene rings is 1. The Hall–Kier alpha value is -0.610. The topological polar surface area (TPSA) is 12.0 Å². The van der Waals surface area contributed by atoms with Gasteiger partial charge in [-0.05, 0) is 31.5 Å². The third kappa shape index (κ3) is 2.49.